The second kappa shape index (κ2) is 15.9. The molecule has 0 heterocycles. The minimum atomic E-state index is -0.726. The number of phenolic OH excluding ortho intramolecular Hbond substituents is 1. The van der Waals surface area contributed by atoms with Crippen molar-refractivity contribution < 1.29 is 19.5 Å². The van der Waals surface area contributed by atoms with Crippen LogP contribution in [0.1, 0.15) is 27.0 Å². The molecule has 0 saturated heterocycles. The maximum atomic E-state index is 11.9. The summed E-state index contributed by atoms with van der Waals surface area (Å²) < 4.78 is 2.69. The molecule has 0 bridgehead atoms. The topological polar surface area (TPSA) is 95.5 Å². The van der Waals surface area contributed by atoms with Crippen molar-refractivity contribution in [3.63, 3.8) is 0 Å². The van der Waals surface area contributed by atoms with Gasteiger partial charge in [0, 0.05) is 12.0 Å². The molecule has 3 N–H and O–H groups in total. The van der Waals surface area contributed by atoms with Gasteiger partial charge in [-0.1, -0.05) is 30.3 Å². The van der Waals surface area contributed by atoms with Crippen molar-refractivity contribution >= 4 is 38.9 Å². The normalized spacial score (nSPS) is 9.79. The van der Waals surface area contributed by atoms with Gasteiger partial charge >= 0.3 is 102 Å². The monoisotopic (exact) mass is 612 g/mol. The van der Waals surface area contributed by atoms with Gasteiger partial charge in [0.15, 0.2) is 0 Å². The predicted molar refractivity (Wildman–Crippen MR) is 149 cm³/mol. The first-order valence-corrected chi connectivity index (χ1v) is 16.0. The fraction of sp³-hybridized carbons (Fsp3) is 0.0968. The van der Waals surface area contributed by atoms with Crippen molar-refractivity contribution in [2.45, 2.75) is 15.3 Å². The van der Waals surface area contributed by atoms with Crippen molar-refractivity contribution in [1.29, 1.82) is 0 Å². The Bertz CT molecular complexity index is 1300. The van der Waals surface area contributed by atoms with E-state index in [1.165, 1.54) is 44.3 Å². The quantitative estimate of drug-likeness (QED) is 0.120. The van der Waals surface area contributed by atoms with E-state index >= 15 is 0 Å². The molecule has 190 valence electrons. The summed E-state index contributed by atoms with van der Waals surface area (Å²) in [6, 6.07) is 36.2. The molecule has 0 spiro atoms. The zero-order chi connectivity index (χ0) is 27.0. The van der Waals surface area contributed by atoms with Gasteiger partial charge in [0.1, 0.15) is 17.3 Å². The Morgan fingerprint density at radius 1 is 0.658 bits per heavy atom. The number of phenols is 1. The third-order valence-corrected chi connectivity index (χ3v) is 9.14. The second-order valence-corrected chi connectivity index (χ2v) is 11.7. The van der Waals surface area contributed by atoms with Crippen molar-refractivity contribution in [3.8, 4) is 5.75 Å². The van der Waals surface area contributed by atoms with E-state index in [0.717, 1.165) is 5.56 Å². The van der Waals surface area contributed by atoms with Crippen molar-refractivity contribution in [2.24, 2.45) is 0 Å². The average molecular weight is 611 g/mol. The molecule has 0 atom stereocenters. The Hall–Kier alpha value is -4.13. The number of benzene rings is 4. The molecule has 6 nitrogen and oxygen atoms in total. The van der Waals surface area contributed by atoms with E-state index in [9.17, 15) is 14.4 Å². The molecule has 0 unspecified atom stereocenters. The standard InChI is InChI=1S/C17H14N2O4.2C7H7.Sn/c20-11-14(10-12-4-2-1-3-5-12)17(23)19-18-16(22)13-6-8-15(21)9-7-13;2*1-7-5-3-2-4-6-7;/h1-9,21H,10H2,(H,18,22)(H,19,23);2*2-6H,1H2;. The third-order valence-electron chi connectivity index (χ3n) is 5.38. The van der Waals surface area contributed by atoms with Crippen LogP contribution >= 0.6 is 0 Å². The van der Waals surface area contributed by atoms with Crippen LogP contribution in [0.25, 0.3) is 0 Å². The van der Waals surface area contributed by atoms with Gasteiger partial charge < -0.3 is 5.11 Å². The van der Waals surface area contributed by atoms with E-state index in [1.54, 1.807) is 30.2 Å². The SMILES string of the molecule is O=C=C(Cc1ccccc1)C(=O)NNC(=O)c1ccc(O)cc1.c1ccc([CH2][Sn][CH2]c2ccccc2)cc1. The van der Waals surface area contributed by atoms with Crippen LogP contribution in [-0.4, -0.2) is 44.0 Å². The number of carbonyl (C=O) groups is 2. The first-order valence-electron chi connectivity index (χ1n) is 12.0. The van der Waals surface area contributed by atoms with E-state index in [1.807, 2.05) is 6.07 Å². The molecular weight excluding hydrogens is 583 g/mol. The van der Waals surface area contributed by atoms with Crippen LogP contribution in [0.3, 0.4) is 0 Å². The Balaban J connectivity index is 0.000000230. The number of hydrogen-bond acceptors (Lipinski definition) is 4. The summed E-state index contributed by atoms with van der Waals surface area (Å²) in [6.45, 7) is 0. The number of hydrazine groups is 1. The molecule has 0 aliphatic rings. The number of rotatable bonds is 8. The fourth-order valence-corrected chi connectivity index (χ4v) is 6.73. The molecular formula is C31H28N2O4Sn. The van der Waals surface area contributed by atoms with Gasteiger partial charge in [-0.3, -0.25) is 20.4 Å². The van der Waals surface area contributed by atoms with Gasteiger partial charge in [-0.15, -0.1) is 0 Å². The molecule has 4 rings (SSSR count). The Labute approximate surface area is 232 Å². The third kappa shape index (κ3) is 10.1. The van der Waals surface area contributed by atoms with E-state index in [0.29, 0.717) is 0 Å². The summed E-state index contributed by atoms with van der Waals surface area (Å²) in [6.07, 6.45) is 0.116. The molecule has 0 aliphatic carbocycles. The van der Waals surface area contributed by atoms with Crippen LogP contribution in [0, 0.1) is 0 Å². The summed E-state index contributed by atoms with van der Waals surface area (Å²) >= 11 is -0.258. The molecule has 0 aromatic heterocycles. The van der Waals surface area contributed by atoms with Gasteiger partial charge in [-0.2, -0.15) is 0 Å². The van der Waals surface area contributed by atoms with E-state index in [2.05, 4.69) is 71.5 Å². The molecule has 0 aliphatic heterocycles. The van der Waals surface area contributed by atoms with Gasteiger partial charge in [-0.25, -0.2) is 4.79 Å². The summed E-state index contributed by atoms with van der Waals surface area (Å²) in [5.41, 5.74) is 8.31. The molecule has 2 radical (unpaired) electrons. The molecule has 7 heteroatoms. The van der Waals surface area contributed by atoms with Crippen LogP contribution in [-0.2, 0) is 24.9 Å². The average Bonchev–Trinajstić information content (AvgIpc) is 2.97. The fourth-order valence-electron chi connectivity index (χ4n) is 3.38. The summed E-state index contributed by atoms with van der Waals surface area (Å²) in [5.74, 6) is 0.327. The minimum absolute atomic E-state index is 0.0274. The van der Waals surface area contributed by atoms with E-state index in [4.69, 9.17) is 5.11 Å². The number of aromatic hydroxyl groups is 1. The van der Waals surface area contributed by atoms with Crippen LogP contribution < -0.4 is 10.9 Å². The first-order chi connectivity index (χ1) is 18.5. The number of carbonyl (C=O) groups excluding carboxylic acids is 3. The second-order valence-electron chi connectivity index (χ2n) is 8.27. The maximum absolute atomic E-state index is 11.9. The Kier molecular flexibility index (Phi) is 11.9. The first kappa shape index (κ1) is 28.4. The zero-order valence-electron chi connectivity index (χ0n) is 20.8. The molecule has 2 amide bonds. The van der Waals surface area contributed by atoms with Crippen molar-refractivity contribution in [1.82, 2.24) is 10.9 Å². The van der Waals surface area contributed by atoms with Crippen molar-refractivity contribution in [3.05, 3.63) is 143 Å². The van der Waals surface area contributed by atoms with Gasteiger partial charge in [0.2, 0.25) is 0 Å². The van der Waals surface area contributed by atoms with Gasteiger partial charge in [0.25, 0.3) is 11.8 Å². The molecule has 38 heavy (non-hydrogen) atoms. The molecule has 0 fully saturated rings. The van der Waals surface area contributed by atoms with Gasteiger partial charge in [-0.05, 0) is 29.8 Å². The number of hydrogen-bond donors (Lipinski definition) is 3. The van der Waals surface area contributed by atoms with E-state index in [-0.39, 0.29) is 44.4 Å². The van der Waals surface area contributed by atoms with Crippen LogP contribution in [0.15, 0.2) is 121 Å². The van der Waals surface area contributed by atoms with Crippen LogP contribution in [0.2, 0.25) is 0 Å². The van der Waals surface area contributed by atoms with Crippen molar-refractivity contribution in [2.75, 3.05) is 0 Å². The van der Waals surface area contributed by atoms with Crippen LogP contribution in [0.5, 0.6) is 5.75 Å². The molecule has 4 aromatic carbocycles. The Morgan fingerprint density at radius 2 is 1.13 bits per heavy atom. The van der Waals surface area contributed by atoms with Crippen LogP contribution in [0.4, 0.5) is 0 Å². The van der Waals surface area contributed by atoms with Gasteiger partial charge in [0.05, 0.1) is 0 Å². The summed E-state index contributed by atoms with van der Waals surface area (Å²) in [5, 5.41) is 9.15. The number of nitrogens with one attached hydrogen (secondary N) is 2. The predicted octanol–water partition coefficient (Wildman–Crippen LogP) is 4.24. The molecule has 0 saturated carbocycles. The zero-order valence-corrected chi connectivity index (χ0v) is 23.6. The number of amides is 2. The Morgan fingerprint density at radius 3 is 1.61 bits per heavy atom. The summed E-state index contributed by atoms with van der Waals surface area (Å²) in [4.78, 5) is 34.7. The molecule has 4 aromatic rings. The summed E-state index contributed by atoms with van der Waals surface area (Å²) in [7, 11) is 0. The van der Waals surface area contributed by atoms with E-state index < -0.39 is 11.8 Å².